The van der Waals surface area contributed by atoms with Crippen LogP contribution in [0, 0.1) is 0 Å². The van der Waals surface area contributed by atoms with Gasteiger partial charge in [0.15, 0.2) is 6.29 Å². The van der Waals surface area contributed by atoms with Crippen LogP contribution in [-0.2, 0) is 36.9 Å². The van der Waals surface area contributed by atoms with Crippen molar-refractivity contribution in [3.05, 3.63) is 108 Å². The quantitative estimate of drug-likeness (QED) is 0.379. The number of hydrogen-bond acceptors (Lipinski definition) is 6. The van der Waals surface area contributed by atoms with Gasteiger partial charge in [0.05, 0.1) is 19.8 Å². The first kappa shape index (κ1) is 24.5. The van der Waals surface area contributed by atoms with E-state index in [0.717, 1.165) is 22.4 Å². The van der Waals surface area contributed by atoms with Crippen molar-refractivity contribution in [2.45, 2.75) is 56.3 Å². The average molecular weight is 493 g/mol. The van der Waals surface area contributed by atoms with Gasteiger partial charge < -0.3 is 23.7 Å². The fraction of sp³-hybridized carbons (Fsp3) is 0.379. The zero-order valence-corrected chi connectivity index (χ0v) is 20.7. The SMILES string of the molecule is CCSC1OC2COC(c3ccccc3)OC2C(OCc2ccccc2)C1OCc1ccccc1. The highest BCUT2D eigenvalue weighted by atomic mass is 32.2. The highest BCUT2D eigenvalue weighted by Gasteiger charge is 2.51. The summed E-state index contributed by atoms with van der Waals surface area (Å²) in [6.07, 6.45) is -1.60. The molecule has 0 radical (unpaired) electrons. The zero-order valence-electron chi connectivity index (χ0n) is 19.9. The number of thioether (sulfide) groups is 1. The van der Waals surface area contributed by atoms with Gasteiger partial charge in [0.1, 0.15) is 29.9 Å². The van der Waals surface area contributed by atoms with E-state index in [9.17, 15) is 0 Å². The molecule has 6 unspecified atom stereocenters. The lowest BCUT2D eigenvalue weighted by molar-refractivity contribution is -0.329. The molecule has 0 saturated carbocycles. The van der Waals surface area contributed by atoms with Crippen LogP contribution in [0.3, 0.4) is 0 Å². The van der Waals surface area contributed by atoms with Gasteiger partial charge in [-0.15, -0.1) is 11.8 Å². The summed E-state index contributed by atoms with van der Waals surface area (Å²) in [5, 5.41) is 0. The molecule has 3 aromatic carbocycles. The van der Waals surface area contributed by atoms with Gasteiger partial charge >= 0.3 is 0 Å². The molecule has 35 heavy (non-hydrogen) atoms. The van der Waals surface area contributed by atoms with Crippen LogP contribution in [0.15, 0.2) is 91.0 Å². The summed E-state index contributed by atoms with van der Waals surface area (Å²) in [4.78, 5) is 0. The topological polar surface area (TPSA) is 46.2 Å². The van der Waals surface area contributed by atoms with E-state index in [2.05, 4.69) is 31.2 Å². The van der Waals surface area contributed by atoms with E-state index < -0.39 is 6.29 Å². The first-order chi connectivity index (χ1) is 17.3. The number of hydrogen-bond donors (Lipinski definition) is 0. The lowest BCUT2D eigenvalue weighted by atomic mass is 9.98. The Morgan fingerprint density at radius 1 is 0.743 bits per heavy atom. The summed E-state index contributed by atoms with van der Waals surface area (Å²) in [7, 11) is 0. The Morgan fingerprint density at radius 2 is 1.31 bits per heavy atom. The molecular formula is C29H32O5S. The molecule has 2 aliphatic heterocycles. The van der Waals surface area contributed by atoms with Crippen LogP contribution in [0.25, 0.3) is 0 Å². The number of benzene rings is 3. The summed E-state index contributed by atoms with van der Waals surface area (Å²) >= 11 is 1.74. The lowest BCUT2D eigenvalue weighted by Crippen LogP contribution is -2.62. The second-order valence-corrected chi connectivity index (χ2v) is 10.1. The molecule has 6 heteroatoms. The van der Waals surface area contributed by atoms with Crippen LogP contribution in [0.4, 0.5) is 0 Å². The molecule has 0 N–H and O–H groups in total. The second-order valence-electron chi connectivity index (χ2n) is 8.70. The Morgan fingerprint density at radius 3 is 1.91 bits per heavy atom. The first-order valence-electron chi connectivity index (χ1n) is 12.2. The van der Waals surface area contributed by atoms with Gasteiger partial charge in [0, 0.05) is 5.56 Å². The minimum Gasteiger partial charge on any atom is -0.368 e. The molecule has 5 rings (SSSR count). The van der Waals surface area contributed by atoms with Crippen LogP contribution in [-0.4, -0.2) is 42.2 Å². The molecule has 6 atom stereocenters. The van der Waals surface area contributed by atoms with Gasteiger partial charge in [-0.1, -0.05) is 97.9 Å². The van der Waals surface area contributed by atoms with Gasteiger partial charge in [-0.2, -0.15) is 0 Å². The van der Waals surface area contributed by atoms with Gasteiger partial charge in [-0.3, -0.25) is 0 Å². The molecule has 2 aliphatic rings. The van der Waals surface area contributed by atoms with Gasteiger partial charge in [0.2, 0.25) is 0 Å². The van der Waals surface area contributed by atoms with Crippen molar-refractivity contribution in [3.8, 4) is 0 Å². The number of ether oxygens (including phenoxy) is 5. The molecule has 5 nitrogen and oxygen atoms in total. The van der Waals surface area contributed by atoms with Crippen LogP contribution < -0.4 is 0 Å². The molecule has 2 heterocycles. The fourth-order valence-corrected chi connectivity index (χ4v) is 5.50. The van der Waals surface area contributed by atoms with E-state index in [1.54, 1.807) is 11.8 Å². The zero-order chi connectivity index (χ0) is 23.9. The third-order valence-electron chi connectivity index (χ3n) is 6.26. The van der Waals surface area contributed by atoms with Crippen molar-refractivity contribution in [1.82, 2.24) is 0 Å². The summed E-state index contributed by atoms with van der Waals surface area (Å²) < 4.78 is 32.2. The molecule has 0 aliphatic carbocycles. The monoisotopic (exact) mass is 492 g/mol. The Bertz CT molecular complexity index is 1020. The third-order valence-corrected chi connectivity index (χ3v) is 7.30. The summed E-state index contributed by atoms with van der Waals surface area (Å²) in [6.45, 7) is 3.54. The standard InChI is InChI=1S/C29H32O5S/c1-2-35-29-27(31-19-22-14-8-4-9-15-22)26(30-18-21-12-6-3-7-13-21)25-24(33-29)20-32-28(34-25)23-16-10-5-11-17-23/h3-17,24-29H,2,18-20H2,1H3. The first-order valence-corrected chi connectivity index (χ1v) is 13.3. The maximum atomic E-state index is 6.60. The molecule has 2 fully saturated rings. The van der Waals surface area contributed by atoms with Crippen molar-refractivity contribution in [2.24, 2.45) is 0 Å². The maximum Gasteiger partial charge on any atom is 0.184 e. The molecule has 0 bridgehead atoms. The molecule has 0 spiro atoms. The normalized spacial score (nSPS) is 28.4. The van der Waals surface area contributed by atoms with Crippen LogP contribution in [0.5, 0.6) is 0 Å². The average Bonchev–Trinajstić information content (AvgIpc) is 2.92. The van der Waals surface area contributed by atoms with E-state index in [4.69, 9.17) is 23.7 Å². The maximum absolute atomic E-state index is 6.60. The van der Waals surface area contributed by atoms with Crippen LogP contribution in [0.2, 0.25) is 0 Å². The summed E-state index contributed by atoms with van der Waals surface area (Å²) in [6, 6.07) is 30.5. The Kier molecular flexibility index (Phi) is 8.52. The summed E-state index contributed by atoms with van der Waals surface area (Å²) in [5.74, 6) is 0.910. The van der Waals surface area contributed by atoms with Gasteiger partial charge in [-0.05, 0) is 16.9 Å². The van der Waals surface area contributed by atoms with E-state index in [0.29, 0.717) is 19.8 Å². The molecular weight excluding hydrogens is 460 g/mol. The van der Waals surface area contributed by atoms with E-state index in [1.165, 1.54) is 0 Å². The minimum atomic E-state index is -0.464. The highest BCUT2D eigenvalue weighted by molar-refractivity contribution is 7.99. The molecule has 0 amide bonds. The third kappa shape index (κ3) is 6.15. The summed E-state index contributed by atoms with van der Waals surface area (Å²) in [5.41, 5.74) is 3.04. The van der Waals surface area contributed by atoms with Crippen LogP contribution >= 0.6 is 11.8 Å². The highest BCUT2D eigenvalue weighted by Crippen LogP contribution is 2.39. The Hall–Kier alpha value is -2.19. The van der Waals surface area contributed by atoms with E-state index in [-0.39, 0.29) is 29.9 Å². The predicted octanol–water partition coefficient (Wildman–Crippen LogP) is 5.75. The molecule has 184 valence electrons. The van der Waals surface area contributed by atoms with Crippen molar-refractivity contribution >= 4 is 11.8 Å². The van der Waals surface area contributed by atoms with E-state index >= 15 is 0 Å². The molecule has 3 aromatic rings. The second kappa shape index (κ2) is 12.2. The number of fused-ring (bicyclic) bond motifs is 1. The fourth-order valence-electron chi connectivity index (χ4n) is 4.52. The Balaban J connectivity index is 1.40. The predicted molar refractivity (Wildman–Crippen MR) is 137 cm³/mol. The van der Waals surface area contributed by atoms with Crippen molar-refractivity contribution in [3.63, 3.8) is 0 Å². The largest absolute Gasteiger partial charge is 0.368 e. The van der Waals surface area contributed by atoms with Crippen molar-refractivity contribution in [1.29, 1.82) is 0 Å². The smallest absolute Gasteiger partial charge is 0.184 e. The molecule has 0 aromatic heterocycles. The van der Waals surface area contributed by atoms with E-state index in [1.807, 2.05) is 66.7 Å². The Labute approximate surface area is 211 Å². The van der Waals surface area contributed by atoms with Gasteiger partial charge in [0.25, 0.3) is 0 Å². The van der Waals surface area contributed by atoms with Crippen molar-refractivity contribution < 1.29 is 23.7 Å². The number of rotatable bonds is 9. The van der Waals surface area contributed by atoms with Gasteiger partial charge in [-0.25, -0.2) is 0 Å². The van der Waals surface area contributed by atoms with Crippen molar-refractivity contribution in [2.75, 3.05) is 12.4 Å². The molecule has 2 saturated heterocycles. The lowest BCUT2D eigenvalue weighted by Gasteiger charge is -2.49. The van der Waals surface area contributed by atoms with Crippen LogP contribution in [0.1, 0.15) is 29.9 Å². The minimum absolute atomic E-state index is 0.175.